The van der Waals surface area contributed by atoms with Crippen molar-refractivity contribution in [2.45, 2.75) is 57.4 Å². The minimum absolute atomic E-state index is 0.226. The SMILES string of the molecule is O=C(CCCC#Cc1cccc(C#CC2=C(C#Cc3ccccc3)CCCC2)c1)N[C@@H](Cc1ccccc1)C(=O)O. The van der Waals surface area contributed by atoms with E-state index in [9.17, 15) is 14.7 Å². The molecular formula is C37H33NO3. The smallest absolute Gasteiger partial charge is 0.326 e. The van der Waals surface area contributed by atoms with Gasteiger partial charge in [0.25, 0.3) is 0 Å². The Morgan fingerprint density at radius 1 is 0.732 bits per heavy atom. The summed E-state index contributed by atoms with van der Waals surface area (Å²) in [4.78, 5) is 23.9. The molecule has 0 fully saturated rings. The molecule has 0 unspecified atom stereocenters. The van der Waals surface area contributed by atoms with Crippen LogP contribution in [-0.4, -0.2) is 23.0 Å². The van der Waals surface area contributed by atoms with Crippen molar-refractivity contribution in [2.75, 3.05) is 0 Å². The fourth-order valence-corrected chi connectivity index (χ4v) is 4.49. The molecule has 204 valence electrons. The fourth-order valence-electron chi connectivity index (χ4n) is 4.49. The normalized spacial score (nSPS) is 12.9. The monoisotopic (exact) mass is 539 g/mol. The fraction of sp³-hybridized carbons (Fsp3) is 0.243. The number of unbranched alkanes of at least 4 members (excludes halogenated alkanes) is 1. The first-order valence-corrected chi connectivity index (χ1v) is 14.0. The van der Waals surface area contributed by atoms with E-state index in [0.29, 0.717) is 12.8 Å². The molecule has 1 atom stereocenters. The van der Waals surface area contributed by atoms with Crippen molar-refractivity contribution in [3.8, 4) is 35.5 Å². The standard InChI is InChI=1S/C37H33NO3/c39-36(38-35(37(40)41)28-31-16-6-2-7-17-31)22-9-3-8-15-30-18-12-19-32(27-30)24-26-34-21-11-10-20-33(34)25-23-29-13-4-1-5-14-29/h1-2,4-7,12-14,16-19,27,35H,3,9-11,20-22,28H2,(H,38,39)(H,40,41)/t35-/m0/s1. The van der Waals surface area contributed by atoms with E-state index in [1.54, 1.807) is 0 Å². The van der Waals surface area contributed by atoms with Crippen LogP contribution in [0.25, 0.3) is 0 Å². The molecule has 3 aromatic carbocycles. The minimum Gasteiger partial charge on any atom is -0.480 e. The van der Waals surface area contributed by atoms with Gasteiger partial charge in [0, 0.05) is 47.1 Å². The maximum atomic E-state index is 12.3. The largest absolute Gasteiger partial charge is 0.480 e. The van der Waals surface area contributed by atoms with Gasteiger partial charge in [0.15, 0.2) is 0 Å². The molecule has 0 saturated heterocycles. The average Bonchev–Trinajstić information content (AvgIpc) is 3.00. The van der Waals surface area contributed by atoms with Gasteiger partial charge in [-0.1, -0.05) is 90.1 Å². The highest BCUT2D eigenvalue weighted by molar-refractivity contribution is 5.83. The average molecular weight is 540 g/mol. The third-order valence-electron chi connectivity index (χ3n) is 6.67. The number of carboxylic acid groups (broad SMARTS) is 1. The number of aliphatic carboxylic acids is 1. The molecule has 0 aromatic heterocycles. The van der Waals surface area contributed by atoms with Gasteiger partial charge in [-0.2, -0.15) is 0 Å². The number of nitrogens with one attached hydrogen (secondary N) is 1. The number of amides is 1. The maximum absolute atomic E-state index is 12.3. The summed E-state index contributed by atoms with van der Waals surface area (Å²) >= 11 is 0. The van der Waals surface area contributed by atoms with Crippen LogP contribution >= 0.6 is 0 Å². The summed E-state index contributed by atoms with van der Waals surface area (Å²) < 4.78 is 0. The third kappa shape index (κ3) is 9.93. The van der Waals surface area contributed by atoms with Gasteiger partial charge in [-0.25, -0.2) is 4.79 Å². The number of allylic oxidation sites excluding steroid dienone is 2. The van der Waals surface area contributed by atoms with Crippen molar-refractivity contribution in [3.05, 3.63) is 118 Å². The van der Waals surface area contributed by atoms with Crippen LogP contribution in [0.3, 0.4) is 0 Å². The summed E-state index contributed by atoms with van der Waals surface area (Å²) in [6.07, 6.45) is 5.77. The van der Waals surface area contributed by atoms with Crippen molar-refractivity contribution in [3.63, 3.8) is 0 Å². The lowest BCUT2D eigenvalue weighted by Gasteiger charge is -2.14. The van der Waals surface area contributed by atoms with Gasteiger partial charge in [0.1, 0.15) is 6.04 Å². The molecule has 0 radical (unpaired) electrons. The van der Waals surface area contributed by atoms with Crippen LogP contribution in [0.15, 0.2) is 96.1 Å². The molecule has 0 heterocycles. The second-order valence-corrected chi connectivity index (χ2v) is 9.91. The number of hydrogen-bond donors (Lipinski definition) is 2. The topological polar surface area (TPSA) is 66.4 Å². The van der Waals surface area contributed by atoms with E-state index < -0.39 is 12.0 Å². The lowest BCUT2D eigenvalue weighted by atomic mass is 9.92. The van der Waals surface area contributed by atoms with E-state index in [1.807, 2.05) is 84.9 Å². The van der Waals surface area contributed by atoms with Gasteiger partial charge >= 0.3 is 5.97 Å². The van der Waals surface area contributed by atoms with Crippen molar-refractivity contribution in [2.24, 2.45) is 0 Å². The number of benzene rings is 3. The molecule has 0 aliphatic heterocycles. The van der Waals surface area contributed by atoms with E-state index in [0.717, 1.165) is 59.1 Å². The molecule has 1 amide bonds. The van der Waals surface area contributed by atoms with Crippen LogP contribution in [0, 0.1) is 35.5 Å². The first kappa shape index (κ1) is 29.0. The Morgan fingerprint density at radius 2 is 1.32 bits per heavy atom. The molecule has 41 heavy (non-hydrogen) atoms. The van der Waals surface area contributed by atoms with Crippen LogP contribution in [-0.2, 0) is 16.0 Å². The number of hydrogen-bond acceptors (Lipinski definition) is 2. The predicted octanol–water partition coefficient (Wildman–Crippen LogP) is 6.29. The van der Waals surface area contributed by atoms with E-state index >= 15 is 0 Å². The quantitative estimate of drug-likeness (QED) is 0.274. The van der Waals surface area contributed by atoms with Gasteiger partial charge in [0.05, 0.1) is 0 Å². The Kier molecular flexibility index (Phi) is 11.0. The summed E-state index contributed by atoms with van der Waals surface area (Å²) in [7, 11) is 0. The molecule has 1 aliphatic rings. The highest BCUT2D eigenvalue weighted by Gasteiger charge is 2.20. The van der Waals surface area contributed by atoms with E-state index in [2.05, 4.69) is 40.8 Å². The van der Waals surface area contributed by atoms with Gasteiger partial charge in [-0.05, 0) is 68.0 Å². The van der Waals surface area contributed by atoms with Gasteiger partial charge in [-0.3, -0.25) is 4.79 Å². The zero-order chi connectivity index (χ0) is 28.7. The molecule has 0 spiro atoms. The zero-order valence-corrected chi connectivity index (χ0v) is 23.1. The first-order chi connectivity index (χ1) is 20.1. The van der Waals surface area contributed by atoms with Gasteiger partial charge in [0.2, 0.25) is 5.91 Å². The maximum Gasteiger partial charge on any atom is 0.326 e. The van der Waals surface area contributed by atoms with E-state index in [-0.39, 0.29) is 18.7 Å². The molecule has 0 bridgehead atoms. The summed E-state index contributed by atoms with van der Waals surface area (Å²) in [6, 6.07) is 26.2. The number of rotatable bonds is 7. The molecule has 0 saturated carbocycles. The Morgan fingerprint density at radius 3 is 1.98 bits per heavy atom. The van der Waals surface area contributed by atoms with Crippen molar-refractivity contribution < 1.29 is 14.7 Å². The Balaban J connectivity index is 1.30. The molecule has 4 rings (SSSR count). The summed E-state index contributed by atoms with van der Waals surface area (Å²) in [5.74, 6) is 18.3. The van der Waals surface area contributed by atoms with Crippen molar-refractivity contribution in [1.29, 1.82) is 0 Å². The number of carbonyl (C=O) groups is 2. The number of carbonyl (C=O) groups excluding carboxylic acids is 1. The van der Waals surface area contributed by atoms with Crippen molar-refractivity contribution in [1.82, 2.24) is 5.32 Å². The van der Waals surface area contributed by atoms with E-state index in [1.165, 1.54) is 0 Å². The zero-order valence-electron chi connectivity index (χ0n) is 23.1. The molecule has 4 nitrogen and oxygen atoms in total. The van der Waals surface area contributed by atoms with Gasteiger partial charge in [-0.15, -0.1) is 0 Å². The Labute approximate surface area is 242 Å². The van der Waals surface area contributed by atoms with Crippen LogP contribution in [0.2, 0.25) is 0 Å². The summed E-state index contributed by atoms with van der Waals surface area (Å²) in [6.45, 7) is 0. The highest BCUT2D eigenvalue weighted by Crippen LogP contribution is 2.24. The Bertz CT molecular complexity index is 1570. The van der Waals surface area contributed by atoms with Crippen LogP contribution in [0.1, 0.15) is 67.2 Å². The minimum atomic E-state index is -1.04. The van der Waals surface area contributed by atoms with E-state index in [4.69, 9.17) is 0 Å². The lowest BCUT2D eigenvalue weighted by molar-refractivity contribution is -0.141. The van der Waals surface area contributed by atoms with Crippen LogP contribution in [0.5, 0.6) is 0 Å². The van der Waals surface area contributed by atoms with Crippen LogP contribution in [0.4, 0.5) is 0 Å². The molecular weight excluding hydrogens is 506 g/mol. The Hall–Kier alpha value is -4.98. The van der Waals surface area contributed by atoms with Crippen LogP contribution < -0.4 is 5.32 Å². The van der Waals surface area contributed by atoms with Gasteiger partial charge < -0.3 is 10.4 Å². The number of carboxylic acids is 1. The second kappa shape index (κ2) is 15.6. The molecule has 2 N–H and O–H groups in total. The highest BCUT2D eigenvalue weighted by atomic mass is 16.4. The first-order valence-electron chi connectivity index (χ1n) is 14.0. The summed E-state index contributed by atoms with van der Waals surface area (Å²) in [5.41, 5.74) is 5.92. The molecule has 4 heteroatoms. The van der Waals surface area contributed by atoms with Crippen molar-refractivity contribution >= 4 is 11.9 Å². The lowest BCUT2D eigenvalue weighted by Crippen LogP contribution is -2.42. The summed E-state index contributed by atoms with van der Waals surface area (Å²) in [5, 5.41) is 12.1. The molecule has 1 aliphatic carbocycles. The molecule has 3 aromatic rings. The second-order valence-electron chi connectivity index (χ2n) is 9.91. The predicted molar refractivity (Wildman–Crippen MR) is 163 cm³/mol. The third-order valence-corrected chi connectivity index (χ3v) is 6.67.